The molecule has 0 amide bonds. The highest BCUT2D eigenvalue weighted by Crippen LogP contribution is 2.33. The molecule has 0 aliphatic rings. The third kappa shape index (κ3) is 2.95. The van der Waals surface area contributed by atoms with Gasteiger partial charge in [0.05, 0.1) is 23.8 Å². The maximum absolute atomic E-state index is 14.0. The molecule has 0 bridgehead atoms. The smallest absolute Gasteiger partial charge is 0.251 e. The molecular formula is C19H14F2N2O3. The number of rotatable bonds is 4. The molecule has 0 aliphatic heterocycles. The third-order valence-corrected chi connectivity index (χ3v) is 3.92. The summed E-state index contributed by atoms with van der Waals surface area (Å²) < 4.78 is 32.8. The van der Waals surface area contributed by atoms with Gasteiger partial charge in [-0.15, -0.1) is 0 Å². The summed E-state index contributed by atoms with van der Waals surface area (Å²) in [5.74, 6) is -2.17. The number of ether oxygens (including phenoxy) is 1. The van der Waals surface area contributed by atoms with E-state index < -0.39 is 17.4 Å². The van der Waals surface area contributed by atoms with Gasteiger partial charge < -0.3 is 15.7 Å². The number of halogens is 2. The van der Waals surface area contributed by atoms with Gasteiger partial charge in [-0.05, 0) is 24.3 Å². The fourth-order valence-electron chi connectivity index (χ4n) is 2.67. The van der Waals surface area contributed by atoms with Crippen molar-refractivity contribution in [1.82, 2.24) is 0 Å². The highest BCUT2D eigenvalue weighted by molar-refractivity contribution is 6.13. The average molecular weight is 356 g/mol. The quantitative estimate of drug-likeness (QED) is 0.443. The molecule has 0 fully saturated rings. The monoisotopic (exact) mass is 356 g/mol. The van der Waals surface area contributed by atoms with Crippen LogP contribution in [0.3, 0.4) is 0 Å². The molecule has 132 valence electrons. The fraction of sp³-hybridized carbons (Fsp3) is 0.0526. The van der Waals surface area contributed by atoms with E-state index in [-0.39, 0.29) is 22.5 Å². The van der Waals surface area contributed by atoms with Crippen molar-refractivity contribution in [3.8, 4) is 17.0 Å². The number of para-hydroxylation sites is 1. The van der Waals surface area contributed by atoms with E-state index in [2.05, 4.69) is 0 Å². The van der Waals surface area contributed by atoms with E-state index in [4.69, 9.17) is 10.5 Å². The van der Waals surface area contributed by atoms with E-state index in [0.717, 1.165) is 18.3 Å². The first-order valence-electron chi connectivity index (χ1n) is 7.58. The predicted molar refractivity (Wildman–Crippen MR) is 91.6 cm³/mol. The number of carbonyl (C=O) groups excluding carboxylic acids is 1. The molecule has 5 nitrogen and oxygen atoms in total. The summed E-state index contributed by atoms with van der Waals surface area (Å²) in [7, 11) is 1.44. The fourth-order valence-corrected chi connectivity index (χ4v) is 2.67. The number of hydrogen-bond acceptors (Lipinski definition) is 4. The Morgan fingerprint density at radius 2 is 1.85 bits per heavy atom. The molecular weight excluding hydrogens is 342 g/mol. The number of nitrogens with zero attached hydrogens (tertiary/aromatic N) is 1. The normalized spacial score (nSPS) is 10.6. The zero-order chi connectivity index (χ0) is 18.8. The lowest BCUT2D eigenvalue weighted by molar-refractivity contribution is -0.593. The Hall–Kier alpha value is -3.48. The third-order valence-electron chi connectivity index (χ3n) is 3.92. The SMILES string of the molecule is COc1ccccc1-c1c(N)c(C(=O)c2ccc(F)cc2F)cc[n+]1[O-]. The number of benzene rings is 2. The van der Waals surface area contributed by atoms with E-state index in [1.807, 2.05) is 0 Å². The molecule has 0 saturated heterocycles. The van der Waals surface area contributed by atoms with Crippen LogP contribution in [0.1, 0.15) is 15.9 Å². The summed E-state index contributed by atoms with van der Waals surface area (Å²) in [5.41, 5.74) is 5.93. The Morgan fingerprint density at radius 3 is 2.54 bits per heavy atom. The lowest BCUT2D eigenvalue weighted by Gasteiger charge is -2.13. The minimum Gasteiger partial charge on any atom is -0.618 e. The number of hydrogen-bond donors (Lipinski definition) is 1. The Bertz CT molecular complexity index is 1010. The summed E-state index contributed by atoms with van der Waals surface area (Å²) in [6.07, 6.45) is 1.10. The maximum Gasteiger partial charge on any atom is 0.251 e. The number of methoxy groups -OCH3 is 1. The van der Waals surface area contributed by atoms with Crippen molar-refractivity contribution >= 4 is 11.5 Å². The number of carbonyl (C=O) groups is 1. The topological polar surface area (TPSA) is 79.3 Å². The highest BCUT2D eigenvalue weighted by Gasteiger charge is 2.25. The molecule has 1 heterocycles. The zero-order valence-electron chi connectivity index (χ0n) is 13.7. The van der Waals surface area contributed by atoms with Crippen LogP contribution < -0.4 is 15.2 Å². The lowest BCUT2D eigenvalue weighted by Crippen LogP contribution is -2.31. The van der Waals surface area contributed by atoms with Crippen molar-refractivity contribution in [2.24, 2.45) is 0 Å². The summed E-state index contributed by atoms with van der Waals surface area (Å²) >= 11 is 0. The minimum absolute atomic E-state index is 0.0100. The van der Waals surface area contributed by atoms with Gasteiger partial charge in [0, 0.05) is 12.1 Å². The van der Waals surface area contributed by atoms with Crippen molar-refractivity contribution in [1.29, 1.82) is 0 Å². The van der Waals surface area contributed by atoms with Crippen LogP contribution in [0.4, 0.5) is 14.5 Å². The van der Waals surface area contributed by atoms with Crippen LogP contribution in [0.5, 0.6) is 5.75 Å². The first-order chi connectivity index (χ1) is 12.4. The van der Waals surface area contributed by atoms with Crippen LogP contribution in [-0.4, -0.2) is 12.9 Å². The van der Waals surface area contributed by atoms with Gasteiger partial charge in [-0.2, -0.15) is 4.73 Å². The molecule has 26 heavy (non-hydrogen) atoms. The van der Waals surface area contributed by atoms with Crippen LogP contribution in [0.25, 0.3) is 11.3 Å². The van der Waals surface area contributed by atoms with Gasteiger partial charge in [-0.1, -0.05) is 12.1 Å². The Balaban J connectivity index is 2.18. The number of pyridine rings is 1. The summed E-state index contributed by atoms with van der Waals surface area (Å²) in [6.45, 7) is 0. The van der Waals surface area contributed by atoms with E-state index >= 15 is 0 Å². The minimum atomic E-state index is -1.01. The van der Waals surface area contributed by atoms with Gasteiger partial charge in [-0.25, -0.2) is 8.78 Å². The Morgan fingerprint density at radius 1 is 1.12 bits per heavy atom. The van der Waals surface area contributed by atoms with Crippen molar-refractivity contribution in [3.63, 3.8) is 0 Å². The summed E-state index contributed by atoms with van der Waals surface area (Å²) in [6, 6.07) is 10.5. The van der Waals surface area contributed by atoms with Crippen LogP contribution >= 0.6 is 0 Å². The van der Waals surface area contributed by atoms with Crippen molar-refractivity contribution < 1.29 is 23.0 Å². The molecule has 0 aliphatic carbocycles. The van der Waals surface area contributed by atoms with E-state index in [0.29, 0.717) is 22.1 Å². The van der Waals surface area contributed by atoms with E-state index in [1.165, 1.54) is 13.2 Å². The second-order valence-corrected chi connectivity index (χ2v) is 5.47. The predicted octanol–water partition coefficient (Wildman–Crippen LogP) is 3.09. The first-order valence-corrected chi connectivity index (χ1v) is 7.58. The number of aromatic nitrogens is 1. The van der Waals surface area contributed by atoms with Gasteiger partial charge in [0.25, 0.3) is 5.69 Å². The number of nitrogen functional groups attached to an aromatic ring is 1. The van der Waals surface area contributed by atoms with Crippen molar-refractivity contribution in [3.05, 3.63) is 82.7 Å². The molecule has 0 unspecified atom stereocenters. The van der Waals surface area contributed by atoms with Gasteiger partial charge in [0.2, 0.25) is 0 Å². The van der Waals surface area contributed by atoms with Gasteiger partial charge in [0.15, 0.2) is 12.0 Å². The molecule has 0 radical (unpaired) electrons. The zero-order valence-corrected chi connectivity index (χ0v) is 13.7. The molecule has 7 heteroatoms. The molecule has 0 saturated carbocycles. The van der Waals surface area contributed by atoms with Gasteiger partial charge >= 0.3 is 0 Å². The largest absolute Gasteiger partial charge is 0.618 e. The lowest BCUT2D eigenvalue weighted by atomic mass is 9.98. The van der Waals surface area contributed by atoms with Gasteiger partial charge in [0.1, 0.15) is 23.1 Å². The molecule has 3 aromatic rings. The summed E-state index contributed by atoms with van der Waals surface area (Å²) in [4.78, 5) is 12.7. The molecule has 2 N–H and O–H groups in total. The van der Waals surface area contributed by atoms with Crippen LogP contribution in [-0.2, 0) is 0 Å². The first kappa shape index (κ1) is 17.3. The maximum atomic E-state index is 14.0. The molecule has 2 aromatic carbocycles. The Kier molecular flexibility index (Phi) is 4.53. The number of nitrogens with two attached hydrogens (primary N) is 1. The molecule has 0 atom stereocenters. The van der Waals surface area contributed by atoms with Crippen LogP contribution in [0, 0.1) is 16.8 Å². The molecule has 3 rings (SSSR count). The van der Waals surface area contributed by atoms with Crippen molar-refractivity contribution in [2.45, 2.75) is 0 Å². The second-order valence-electron chi connectivity index (χ2n) is 5.47. The van der Waals surface area contributed by atoms with Crippen LogP contribution in [0.2, 0.25) is 0 Å². The second kappa shape index (κ2) is 6.79. The molecule has 1 aromatic heterocycles. The highest BCUT2D eigenvalue weighted by atomic mass is 19.1. The van der Waals surface area contributed by atoms with Crippen molar-refractivity contribution in [2.75, 3.05) is 12.8 Å². The number of ketones is 1. The standard InChI is InChI=1S/C19H14F2N2O3/c1-26-16-5-3-2-4-13(16)18-17(22)14(8-9-23(18)25)19(24)12-7-6-11(20)10-15(12)21/h2-10H,22H2,1H3. The average Bonchev–Trinajstić information content (AvgIpc) is 2.62. The van der Waals surface area contributed by atoms with E-state index in [1.54, 1.807) is 24.3 Å². The molecule has 0 spiro atoms. The summed E-state index contributed by atoms with van der Waals surface area (Å²) in [5, 5.41) is 12.3. The van der Waals surface area contributed by atoms with Crippen LogP contribution in [0.15, 0.2) is 54.7 Å². The Labute approximate surface area is 147 Å². The van der Waals surface area contributed by atoms with E-state index in [9.17, 15) is 18.8 Å². The van der Waals surface area contributed by atoms with Gasteiger partial charge in [-0.3, -0.25) is 4.79 Å². The number of anilines is 1.